The number of hydrogen-bond acceptors (Lipinski definition) is 2. The Morgan fingerprint density at radius 1 is 1.47 bits per heavy atom. The van der Waals surface area contributed by atoms with Crippen LogP contribution in [0.4, 0.5) is 4.39 Å². The first-order valence-corrected chi connectivity index (χ1v) is 5.21. The molecule has 0 aliphatic rings. The standard InChI is InChI=1S/C11H16ClFN2/c1-15(2)7-9(14)5-8-3-4-10(12)11(13)6-8/h3-4,6,9H,5,7,14H2,1-2H3. The first-order valence-electron chi connectivity index (χ1n) is 4.83. The Balaban J connectivity index is 2.60. The number of halogens is 2. The van der Waals surface area contributed by atoms with Crippen LogP contribution in [0.3, 0.4) is 0 Å². The van der Waals surface area contributed by atoms with Crippen LogP contribution >= 0.6 is 11.6 Å². The molecule has 0 heterocycles. The number of benzene rings is 1. The minimum absolute atomic E-state index is 0.0144. The summed E-state index contributed by atoms with van der Waals surface area (Å²) in [6.07, 6.45) is 0.659. The monoisotopic (exact) mass is 230 g/mol. The summed E-state index contributed by atoms with van der Waals surface area (Å²) >= 11 is 5.59. The highest BCUT2D eigenvalue weighted by Crippen LogP contribution is 2.16. The van der Waals surface area contributed by atoms with Crippen LogP contribution in [0.5, 0.6) is 0 Å². The van der Waals surface area contributed by atoms with Gasteiger partial charge in [0.25, 0.3) is 0 Å². The van der Waals surface area contributed by atoms with Gasteiger partial charge in [0.1, 0.15) is 5.82 Å². The molecule has 0 saturated heterocycles. The highest BCUT2D eigenvalue weighted by molar-refractivity contribution is 6.30. The van der Waals surface area contributed by atoms with E-state index in [9.17, 15) is 4.39 Å². The van der Waals surface area contributed by atoms with E-state index in [0.717, 1.165) is 12.1 Å². The smallest absolute Gasteiger partial charge is 0.142 e. The molecular formula is C11H16ClFN2. The summed E-state index contributed by atoms with van der Waals surface area (Å²) in [6, 6.07) is 4.83. The Bertz CT molecular complexity index is 328. The predicted molar refractivity (Wildman–Crippen MR) is 61.6 cm³/mol. The summed E-state index contributed by atoms with van der Waals surface area (Å²) in [5.74, 6) is -0.383. The van der Waals surface area contributed by atoms with Crippen molar-refractivity contribution in [2.24, 2.45) is 5.73 Å². The normalized spacial score (nSPS) is 13.2. The quantitative estimate of drug-likeness (QED) is 0.856. The lowest BCUT2D eigenvalue weighted by molar-refractivity contribution is 0.371. The van der Waals surface area contributed by atoms with E-state index in [-0.39, 0.29) is 16.9 Å². The van der Waals surface area contributed by atoms with Gasteiger partial charge in [-0.05, 0) is 38.2 Å². The minimum Gasteiger partial charge on any atom is -0.326 e. The molecule has 1 atom stereocenters. The first kappa shape index (κ1) is 12.4. The second kappa shape index (κ2) is 5.45. The lowest BCUT2D eigenvalue weighted by Gasteiger charge is -2.16. The minimum atomic E-state index is -0.383. The van der Waals surface area contributed by atoms with Gasteiger partial charge in [0.05, 0.1) is 5.02 Å². The molecular weight excluding hydrogens is 215 g/mol. The summed E-state index contributed by atoms with van der Waals surface area (Å²) in [4.78, 5) is 2.01. The largest absolute Gasteiger partial charge is 0.326 e. The lowest BCUT2D eigenvalue weighted by Crippen LogP contribution is -2.34. The van der Waals surface area contributed by atoms with Crippen LogP contribution in [0, 0.1) is 5.82 Å². The maximum absolute atomic E-state index is 13.1. The van der Waals surface area contributed by atoms with Crippen molar-refractivity contribution in [3.8, 4) is 0 Å². The fourth-order valence-corrected chi connectivity index (χ4v) is 1.62. The molecule has 4 heteroatoms. The predicted octanol–water partition coefficient (Wildman–Crippen LogP) is 1.91. The van der Waals surface area contributed by atoms with Crippen molar-refractivity contribution in [1.82, 2.24) is 4.90 Å². The van der Waals surface area contributed by atoms with E-state index in [2.05, 4.69) is 0 Å². The summed E-state index contributed by atoms with van der Waals surface area (Å²) in [6.45, 7) is 0.782. The molecule has 0 spiro atoms. The Hall–Kier alpha value is -0.640. The van der Waals surface area contributed by atoms with Crippen molar-refractivity contribution >= 4 is 11.6 Å². The highest BCUT2D eigenvalue weighted by Gasteiger charge is 2.07. The topological polar surface area (TPSA) is 29.3 Å². The van der Waals surface area contributed by atoms with Crippen molar-refractivity contribution < 1.29 is 4.39 Å². The third-order valence-corrected chi connectivity index (χ3v) is 2.39. The van der Waals surface area contributed by atoms with Crippen LogP contribution in [0.15, 0.2) is 18.2 Å². The third-order valence-electron chi connectivity index (χ3n) is 2.08. The van der Waals surface area contributed by atoms with Crippen molar-refractivity contribution in [1.29, 1.82) is 0 Å². The molecule has 2 N–H and O–H groups in total. The summed E-state index contributed by atoms with van der Waals surface area (Å²) < 4.78 is 13.1. The number of rotatable bonds is 4. The zero-order chi connectivity index (χ0) is 11.4. The van der Waals surface area contributed by atoms with E-state index < -0.39 is 0 Å². The molecule has 1 aromatic carbocycles. The Kier molecular flexibility index (Phi) is 4.51. The fourth-order valence-electron chi connectivity index (χ4n) is 1.50. The number of nitrogens with zero attached hydrogens (tertiary/aromatic N) is 1. The molecule has 84 valence electrons. The third kappa shape index (κ3) is 4.16. The molecule has 0 saturated carbocycles. The van der Waals surface area contributed by atoms with Gasteiger partial charge in [-0.3, -0.25) is 0 Å². The van der Waals surface area contributed by atoms with Crippen LogP contribution in [0.25, 0.3) is 0 Å². The second-order valence-electron chi connectivity index (χ2n) is 3.97. The van der Waals surface area contributed by atoms with Gasteiger partial charge in [-0.15, -0.1) is 0 Å². The summed E-state index contributed by atoms with van der Waals surface area (Å²) in [5.41, 5.74) is 6.78. The van der Waals surface area contributed by atoms with Gasteiger partial charge in [-0.25, -0.2) is 4.39 Å². The molecule has 1 rings (SSSR count). The molecule has 0 radical (unpaired) electrons. The Morgan fingerprint density at radius 3 is 2.67 bits per heavy atom. The van der Waals surface area contributed by atoms with E-state index in [1.54, 1.807) is 12.1 Å². The number of likely N-dealkylation sites (N-methyl/N-ethyl adjacent to an activating group) is 1. The first-order chi connectivity index (χ1) is 6.99. The molecule has 15 heavy (non-hydrogen) atoms. The average Bonchev–Trinajstić information content (AvgIpc) is 2.10. The van der Waals surface area contributed by atoms with Crippen LogP contribution in [-0.4, -0.2) is 31.6 Å². The second-order valence-corrected chi connectivity index (χ2v) is 4.38. The molecule has 0 bridgehead atoms. The van der Waals surface area contributed by atoms with E-state index in [1.807, 2.05) is 19.0 Å². The van der Waals surface area contributed by atoms with Crippen molar-refractivity contribution in [3.05, 3.63) is 34.6 Å². The fraction of sp³-hybridized carbons (Fsp3) is 0.455. The number of hydrogen-bond donors (Lipinski definition) is 1. The Morgan fingerprint density at radius 2 is 2.13 bits per heavy atom. The molecule has 0 fully saturated rings. The van der Waals surface area contributed by atoms with Gasteiger partial charge >= 0.3 is 0 Å². The molecule has 0 aliphatic heterocycles. The van der Waals surface area contributed by atoms with Gasteiger partial charge in [0.15, 0.2) is 0 Å². The van der Waals surface area contributed by atoms with Crippen molar-refractivity contribution in [2.75, 3.05) is 20.6 Å². The van der Waals surface area contributed by atoms with Gasteiger partial charge in [-0.1, -0.05) is 17.7 Å². The molecule has 1 aromatic rings. The van der Waals surface area contributed by atoms with Gasteiger partial charge in [0, 0.05) is 12.6 Å². The highest BCUT2D eigenvalue weighted by atomic mass is 35.5. The van der Waals surface area contributed by atoms with Gasteiger partial charge < -0.3 is 10.6 Å². The van der Waals surface area contributed by atoms with Crippen LogP contribution in [0.2, 0.25) is 5.02 Å². The van der Waals surface area contributed by atoms with E-state index >= 15 is 0 Å². The van der Waals surface area contributed by atoms with E-state index in [1.165, 1.54) is 6.07 Å². The lowest BCUT2D eigenvalue weighted by atomic mass is 10.1. The summed E-state index contributed by atoms with van der Waals surface area (Å²) in [7, 11) is 3.92. The van der Waals surface area contributed by atoms with Crippen molar-refractivity contribution in [2.45, 2.75) is 12.5 Å². The molecule has 0 aliphatic carbocycles. The van der Waals surface area contributed by atoms with E-state index in [4.69, 9.17) is 17.3 Å². The van der Waals surface area contributed by atoms with Crippen LogP contribution in [-0.2, 0) is 6.42 Å². The zero-order valence-electron chi connectivity index (χ0n) is 9.00. The molecule has 1 unspecified atom stereocenters. The summed E-state index contributed by atoms with van der Waals surface area (Å²) in [5, 5.41) is 0.153. The van der Waals surface area contributed by atoms with Crippen molar-refractivity contribution in [3.63, 3.8) is 0 Å². The SMILES string of the molecule is CN(C)CC(N)Cc1ccc(Cl)c(F)c1. The molecule has 2 nitrogen and oxygen atoms in total. The maximum Gasteiger partial charge on any atom is 0.142 e. The number of nitrogens with two attached hydrogens (primary N) is 1. The maximum atomic E-state index is 13.1. The van der Waals surface area contributed by atoms with Gasteiger partial charge in [0.2, 0.25) is 0 Å². The molecule has 0 amide bonds. The Labute approximate surface area is 94.8 Å². The molecule has 0 aromatic heterocycles. The van der Waals surface area contributed by atoms with Crippen LogP contribution in [0.1, 0.15) is 5.56 Å². The van der Waals surface area contributed by atoms with E-state index in [0.29, 0.717) is 6.42 Å². The van der Waals surface area contributed by atoms with Crippen LogP contribution < -0.4 is 5.73 Å². The average molecular weight is 231 g/mol. The van der Waals surface area contributed by atoms with Gasteiger partial charge in [-0.2, -0.15) is 0 Å². The zero-order valence-corrected chi connectivity index (χ0v) is 9.76.